The van der Waals surface area contributed by atoms with Crippen LogP contribution in [0, 0.1) is 0 Å². The minimum Gasteiger partial charge on any atom is -0.508 e. The minimum absolute atomic E-state index is 0.0212. The maximum Gasteiger partial charge on any atom is 0.416 e. The largest absolute Gasteiger partial charge is 0.508 e. The molecule has 0 amide bonds. The van der Waals surface area contributed by atoms with Crippen LogP contribution in [0.5, 0.6) is 5.75 Å². The fourth-order valence-corrected chi connectivity index (χ4v) is 2.66. The molecule has 2 aromatic rings. The number of phenolic OH excluding ortho intramolecular Hbond substituents is 1. The number of benzene rings is 2. The molecule has 1 aliphatic rings. The van der Waals surface area contributed by atoms with Crippen molar-refractivity contribution in [2.45, 2.75) is 19.0 Å². The van der Waals surface area contributed by atoms with Gasteiger partial charge in [-0.2, -0.15) is 13.2 Å². The number of carbonyl (C=O) groups excluding carboxylic acids is 1. The van der Waals surface area contributed by atoms with Crippen molar-refractivity contribution in [3.05, 3.63) is 70.3 Å². The molecule has 0 radical (unpaired) electrons. The Morgan fingerprint density at radius 1 is 1.00 bits per heavy atom. The number of Topliss-reactive ketones (excluding diaryl/α,β-unsaturated/α-hetero) is 1. The van der Waals surface area contributed by atoms with E-state index in [1.807, 2.05) is 0 Å². The molecule has 0 atom stereocenters. The van der Waals surface area contributed by atoms with Crippen LogP contribution < -0.4 is 0 Å². The molecule has 0 saturated carbocycles. The summed E-state index contributed by atoms with van der Waals surface area (Å²) >= 11 is 0. The summed E-state index contributed by atoms with van der Waals surface area (Å²) in [5, 5.41) is 9.51. The standard InChI is InChI=1S/C18H13F3O2/c19-18(20,21)14-6-1-11(2-7-14)9-13-4-3-12-5-8-15(22)10-16(12)17(13)23/h1-2,5-10,22H,3-4H2/b13-9+. The third-order valence-electron chi connectivity index (χ3n) is 3.87. The molecule has 5 heteroatoms. The van der Waals surface area contributed by atoms with Crippen molar-refractivity contribution in [1.29, 1.82) is 0 Å². The monoisotopic (exact) mass is 318 g/mol. The predicted molar refractivity (Wildman–Crippen MR) is 80.2 cm³/mol. The molecule has 0 saturated heterocycles. The molecule has 2 aromatic carbocycles. The van der Waals surface area contributed by atoms with Gasteiger partial charge in [-0.25, -0.2) is 0 Å². The summed E-state index contributed by atoms with van der Waals surface area (Å²) in [6.45, 7) is 0. The van der Waals surface area contributed by atoms with Gasteiger partial charge in [-0.3, -0.25) is 4.79 Å². The molecule has 0 bridgehead atoms. The lowest BCUT2D eigenvalue weighted by Gasteiger charge is -2.17. The van der Waals surface area contributed by atoms with Crippen LogP contribution in [0.2, 0.25) is 0 Å². The minimum atomic E-state index is -4.37. The average molecular weight is 318 g/mol. The van der Waals surface area contributed by atoms with Gasteiger partial charge in [0, 0.05) is 11.1 Å². The maximum atomic E-state index is 12.6. The van der Waals surface area contributed by atoms with E-state index in [0.717, 1.165) is 17.7 Å². The Labute approximate surface area is 130 Å². The molecule has 1 N–H and O–H groups in total. The lowest BCUT2D eigenvalue weighted by atomic mass is 9.86. The van der Waals surface area contributed by atoms with Crippen LogP contribution in [0.15, 0.2) is 48.0 Å². The van der Waals surface area contributed by atoms with Gasteiger partial charge in [0.1, 0.15) is 5.75 Å². The summed E-state index contributed by atoms with van der Waals surface area (Å²) < 4.78 is 37.7. The number of hydrogen-bond donors (Lipinski definition) is 1. The molecule has 2 nitrogen and oxygen atoms in total. The Kier molecular flexibility index (Phi) is 3.72. The number of ketones is 1. The second kappa shape index (κ2) is 5.57. The van der Waals surface area contributed by atoms with E-state index in [-0.39, 0.29) is 11.5 Å². The molecule has 23 heavy (non-hydrogen) atoms. The van der Waals surface area contributed by atoms with Crippen molar-refractivity contribution in [2.24, 2.45) is 0 Å². The number of halogens is 3. The first-order chi connectivity index (χ1) is 10.8. The van der Waals surface area contributed by atoms with Crippen molar-refractivity contribution >= 4 is 11.9 Å². The van der Waals surface area contributed by atoms with E-state index in [1.165, 1.54) is 24.3 Å². The summed E-state index contributed by atoms with van der Waals surface area (Å²) in [7, 11) is 0. The third kappa shape index (κ3) is 3.13. The van der Waals surface area contributed by atoms with Gasteiger partial charge in [-0.05, 0) is 54.3 Å². The second-order valence-corrected chi connectivity index (χ2v) is 5.46. The number of carbonyl (C=O) groups is 1. The molecule has 118 valence electrons. The molecule has 0 heterocycles. The Bertz CT molecular complexity index is 787. The molecular weight excluding hydrogens is 305 g/mol. The van der Waals surface area contributed by atoms with Gasteiger partial charge in [0.05, 0.1) is 5.56 Å². The molecule has 0 fully saturated rings. The van der Waals surface area contributed by atoms with E-state index in [0.29, 0.717) is 29.5 Å². The van der Waals surface area contributed by atoms with E-state index in [9.17, 15) is 23.1 Å². The van der Waals surface area contributed by atoms with E-state index >= 15 is 0 Å². The van der Waals surface area contributed by atoms with Crippen LogP contribution in [-0.2, 0) is 12.6 Å². The van der Waals surface area contributed by atoms with Crippen LogP contribution in [0.1, 0.15) is 33.5 Å². The predicted octanol–water partition coefficient (Wildman–Crippen LogP) is 4.62. The van der Waals surface area contributed by atoms with Crippen molar-refractivity contribution in [2.75, 3.05) is 0 Å². The first kappa shape index (κ1) is 15.3. The van der Waals surface area contributed by atoms with Gasteiger partial charge in [-0.15, -0.1) is 0 Å². The Morgan fingerprint density at radius 3 is 2.35 bits per heavy atom. The molecule has 0 spiro atoms. The number of allylic oxidation sites excluding steroid dienone is 1. The number of phenols is 1. The van der Waals surface area contributed by atoms with E-state index in [1.54, 1.807) is 12.1 Å². The highest BCUT2D eigenvalue weighted by Crippen LogP contribution is 2.31. The first-order valence-corrected chi connectivity index (χ1v) is 7.09. The van der Waals surface area contributed by atoms with E-state index < -0.39 is 11.7 Å². The summed E-state index contributed by atoms with van der Waals surface area (Å²) in [5.74, 6) is -0.171. The number of rotatable bonds is 1. The van der Waals surface area contributed by atoms with Gasteiger partial charge in [0.15, 0.2) is 5.78 Å². The van der Waals surface area contributed by atoms with E-state index in [4.69, 9.17) is 0 Å². The third-order valence-corrected chi connectivity index (χ3v) is 3.87. The zero-order valence-electron chi connectivity index (χ0n) is 12.0. The number of fused-ring (bicyclic) bond motifs is 1. The Hall–Kier alpha value is -2.56. The molecule has 0 aromatic heterocycles. The molecule has 0 aliphatic heterocycles. The first-order valence-electron chi connectivity index (χ1n) is 7.09. The van der Waals surface area contributed by atoms with Crippen LogP contribution in [-0.4, -0.2) is 10.9 Å². The van der Waals surface area contributed by atoms with Gasteiger partial charge in [-0.1, -0.05) is 18.2 Å². The van der Waals surface area contributed by atoms with Crippen molar-refractivity contribution < 1.29 is 23.1 Å². The zero-order chi connectivity index (χ0) is 16.6. The molecule has 3 rings (SSSR count). The second-order valence-electron chi connectivity index (χ2n) is 5.46. The van der Waals surface area contributed by atoms with Gasteiger partial charge in [0.25, 0.3) is 0 Å². The topological polar surface area (TPSA) is 37.3 Å². The fraction of sp³-hybridized carbons (Fsp3) is 0.167. The van der Waals surface area contributed by atoms with E-state index in [2.05, 4.69) is 0 Å². The van der Waals surface area contributed by atoms with Crippen molar-refractivity contribution in [1.82, 2.24) is 0 Å². The lowest BCUT2D eigenvalue weighted by Crippen LogP contribution is -2.13. The maximum absolute atomic E-state index is 12.6. The van der Waals surface area contributed by atoms with Crippen LogP contribution in [0.4, 0.5) is 13.2 Å². The molecule has 0 unspecified atom stereocenters. The Balaban J connectivity index is 1.90. The van der Waals surface area contributed by atoms with Crippen molar-refractivity contribution in [3.63, 3.8) is 0 Å². The number of aromatic hydroxyl groups is 1. The summed E-state index contributed by atoms with van der Waals surface area (Å²) in [6.07, 6.45) is -1.58. The van der Waals surface area contributed by atoms with Crippen LogP contribution in [0.25, 0.3) is 6.08 Å². The fourth-order valence-electron chi connectivity index (χ4n) is 2.66. The summed E-state index contributed by atoms with van der Waals surface area (Å²) in [4.78, 5) is 12.4. The number of hydrogen-bond acceptors (Lipinski definition) is 2. The van der Waals surface area contributed by atoms with Gasteiger partial charge >= 0.3 is 6.18 Å². The van der Waals surface area contributed by atoms with Gasteiger partial charge in [0.2, 0.25) is 0 Å². The SMILES string of the molecule is O=C1/C(=C/c2ccc(C(F)(F)F)cc2)CCc2ccc(O)cc21. The van der Waals surface area contributed by atoms with Crippen LogP contribution in [0.3, 0.4) is 0 Å². The molecule has 1 aliphatic carbocycles. The number of aryl methyl sites for hydroxylation is 1. The Morgan fingerprint density at radius 2 is 1.70 bits per heavy atom. The summed E-state index contributed by atoms with van der Waals surface area (Å²) in [6, 6.07) is 9.38. The highest BCUT2D eigenvalue weighted by Gasteiger charge is 2.30. The molecular formula is C18H13F3O2. The lowest BCUT2D eigenvalue weighted by molar-refractivity contribution is -0.137. The summed E-state index contributed by atoms with van der Waals surface area (Å²) in [5.41, 5.74) is 1.68. The quantitative estimate of drug-likeness (QED) is 0.779. The van der Waals surface area contributed by atoms with Crippen molar-refractivity contribution in [3.8, 4) is 5.75 Å². The smallest absolute Gasteiger partial charge is 0.416 e. The number of alkyl halides is 3. The van der Waals surface area contributed by atoms with Crippen LogP contribution >= 0.6 is 0 Å². The highest BCUT2D eigenvalue weighted by atomic mass is 19.4. The zero-order valence-corrected chi connectivity index (χ0v) is 12.0. The highest BCUT2D eigenvalue weighted by molar-refractivity contribution is 6.13. The normalized spacial score (nSPS) is 16.5. The van der Waals surface area contributed by atoms with Gasteiger partial charge < -0.3 is 5.11 Å². The average Bonchev–Trinajstić information content (AvgIpc) is 2.50.